The smallest absolute Gasteiger partial charge is 0.287 e. The van der Waals surface area contributed by atoms with E-state index in [0.29, 0.717) is 10.7 Å². The number of aliphatic hydroxyl groups excluding tert-OH is 1. The molecule has 0 unspecified atom stereocenters. The average molecular weight is 295 g/mol. The second-order valence-corrected chi connectivity index (χ2v) is 4.90. The maximum absolute atomic E-state index is 13.2. The Morgan fingerprint density at radius 3 is 2.85 bits per heavy atom. The first-order valence-corrected chi connectivity index (χ1v) is 7.16. The Kier molecular flexibility index (Phi) is 4.81. The van der Waals surface area contributed by atoms with Crippen LogP contribution in [0.2, 0.25) is 0 Å². The number of benzene rings is 1. The van der Waals surface area contributed by atoms with E-state index in [9.17, 15) is 9.18 Å². The third-order valence-corrected chi connectivity index (χ3v) is 3.36. The number of amides is 1. The summed E-state index contributed by atoms with van der Waals surface area (Å²) in [6.07, 6.45) is 1.86. The number of rotatable bonds is 5. The molecule has 0 aliphatic rings. The Morgan fingerprint density at radius 2 is 2.20 bits per heavy atom. The monoisotopic (exact) mass is 295 g/mol. The van der Waals surface area contributed by atoms with Crippen molar-refractivity contribution >= 4 is 17.7 Å². The summed E-state index contributed by atoms with van der Waals surface area (Å²) in [6, 6.07) is 7.67. The van der Waals surface area contributed by atoms with Crippen molar-refractivity contribution in [3.63, 3.8) is 0 Å². The van der Waals surface area contributed by atoms with Gasteiger partial charge in [0.05, 0.1) is 6.61 Å². The maximum Gasteiger partial charge on any atom is 0.287 e. The molecule has 1 heterocycles. The quantitative estimate of drug-likeness (QED) is 0.832. The molecule has 0 bridgehead atoms. The molecule has 0 aliphatic carbocycles. The lowest BCUT2D eigenvalue weighted by Gasteiger charge is -2.06. The second-order valence-electron chi connectivity index (χ2n) is 4.09. The number of furan rings is 1. The van der Waals surface area contributed by atoms with Crippen LogP contribution in [0, 0.1) is 5.82 Å². The summed E-state index contributed by atoms with van der Waals surface area (Å²) < 4.78 is 18.5. The van der Waals surface area contributed by atoms with Crippen LogP contribution < -0.4 is 5.32 Å². The molecule has 0 saturated carbocycles. The van der Waals surface area contributed by atoms with Gasteiger partial charge in [-0.15, -0.1) is 0 Å². The van der Waals surface area contributed by atoms with E-state index in [1.54, 1.807) is 18.2 Å². The molecule has 4 nitrogen and oxygen atoms in total. The summed E-state index contributed by atoms with van der Waals surface area (Å²) >= 11 is 1.41. The van der Waals surface area contributed by atoms with Gasteiger partial charge in [-0.1, -0.05) is 17.8 Å². The van der Waals surface area contributed by atoms with Gasteiger partial charge in [-0.3, -0.25) is 4.79 Å². The molecule has 0 aliphatic heterocycles. The number of halogens is 1. The lowest BCUT2D eigenvalue weighted by molar-refractivity contribution is 0.0918. The Bertz CT molecular complexity index is 612. The predicted molar refractivity (Wildman–Crippen MR) is 74.0 cm³/mol. The fourth-order valence-corrected chi connectivity index (χ4v) is 2.06. The van der Waals surface area contributed by atoms with Gasteiger partial charge in [-0.05, 0) is 36.1 Å². The molecule has 0 radical (unpaired) electrons. The minimum atomic E-state index is -0.460. The van der Waals surface area contributed by atoms with Crippen molar-refractivity contribution in [1.29, 1.82) is 0 Å². The number of carbonyl (C=O) groups excluding carboxylic acids is 1. The van der Waals surface area contributed by atoms with Crippen molar-refractivity contribution in [1.82, 2.24) is 5.32 Å². The van der Waals surface area contributed by atoms with Crippen molar-refractivity contribution in [3.05, 3.63) is 53.0 Å². The molecule has 0 saturated heterocycles. The summed E-state index contributed by atoms with van der Waals surface area (Å²) in [5, 5.41) is 12.3. The summed E-state index contributed by atoms with van der Waals surface area (Å²) in [5.41, 5.74) is 0.917. The van der Waals surface area contributed by atoms with E-state index in [1.807, 2.05) is 6.26 Å². The Labute approximate surface area is 120 Å². The topological polar surface area (TPSA) is 62.5 Å². The van der Waals surface area contributed by atoms with Crippen molar-refractivity contribution in [2.24, 2.45) is 0 Å². The Hall–Kier alpha value is -1.79. The molecule has 106 valence electrons. The molecular weight excluding hydrogens is 281 g/mol. The molecule has 2 N–H and O–H groups in total. The van der Waals surface area contributed by atoms with Gasteiger partial charge in [-0.25, -0.2) is 4.39 Å². The van der Waals surface area contributed by atoms with Crippen molar-refractivity contribution in [3.8, 4) is 0 Å². The lowest BCUT2D eigenvalue weighted by atomic mass is 10.1. The highest BCUT2D eigenvalue weighted by molar-refractivity contribution is 7.98. The van der Waals surface area contributed by atoms with Crippen LogP contribution in [0.25, 0.3) is 0 Å². The van der Waals surface area contributed by atoms with Crippen LogP contribution in [-0.4, -0.2) is 17.3 Å². The third kappa shape index (κ3) is 3.40. The first kappa shape index (κ1) is 14.6. The molecule has 2 aromatic rings. The van der Waals surface area contributed by atoms with Crippen molar-refractivity contribution in [2.45, 2.75) is 18.2 Å². The highest BCUT2D eigenvalue weighted by Crippen LogP contribution is 2.18. The zero-order chi connectivity index (χ0) is 14.5. The average Bonchev–Trinajstić information content (AvgIpc) is 2.95. The summed E-state index contributed by atoms with van der Waals surface area (Å²) in [6.45, 7) is -0.135. The number of hydrogen-bond acceptors (Lipinski definition) is 4. The van der Waals surface area contributed by atoms with Crippen LogP contribution in [-0.2, 0) is 13.2 Å². The number of nitrogens with one attached hydrogen (secondary N) is 1. The van der Waals surface area contributed by atoms with Gasteiger partial charge in [0.15, 0.2) is 10.9 Å². The van der Waals surface area contributed by atoms with Crippen LogP contribution in [0.3, 0.4) is 0 Å². The van der Waals surface area contributed by atoms with E-state index in [1.165, 1.54) is 23.9 Å². The predicted octanol–water partition coefficient (Wildman–Crippen LogP) is 2.56. The highest BCUT2D eigenvalue weighted by atomic mass is 32.2. The Morgan fingerprint density at radius 1 is 1.40 bits per heavy atom. The fraction of sp³-hybridized carbons (Fsp3) is 0.214. The molecule has 0 atom stereocenters. The zero-order valence-electron chi connectivity index (χ0n) is 10.9. The summed E-state index contributed by atoms with van der Waals surface area (Å²) in [4.78, 5) is 11.8. The van der Waals surface area contributed by atoms with Gasteiger partial charge in [0.1, 0.15) is 5.82 Å². The number of aliphatic hydroxyl groups is 1. The molecule has 0 fully saturated rings. The van der Waals surface area contributed by atoms with Crippen molar-refractivity contribution in [2.75, 3.05) is 6.26 Å². The number of hydrogen-bond donors (Lipinski definition) is 2. The molecule has 1 aromatic heterocycles. The number of carbonyl (C=O) groups is 1. The van der Waals surface area contributed by atoms with Gasteiger partial charge < -0.3 is 14.8 Å². The summed E-state index contributed by atoms with van der Waals surface area (Å²) in [7, 11) is 0. The Balaban J connectivity index is 1.99. The molecule has 0 spiro atoms. The molecule has 2 rings (SSSR count). The van der Waals surface area contributed by atoms with Gasteiger partial charge in [-0.2, -0.15) is 0 Å². The highest BCUT2D eigenvalue weighted by Gasteiger charge is 2.11. The molecule has 20 heavy (non-hydrogen) atoms. The van der Waals surface area contributed by atoms with E-state index in [4.69, 9.17) is 9.52 Å². The molecular formula is C14H14FNO3S. The van der Waals surface area contributed by atoms with E-state index in [0.717, 1.165) is 0 Å². The third-order valence-electron chi connectivity index (χ3n) is 2.74. The lowest BCUT2D eigenvalue weighted by Crippen LogP contribution is -2.22. The van der Waals surface area contributed by atoms with Gasteiger partial charge >= 0.3 is 0 Å². The van der Waals surface area contributed by atoms with Crippen LogP contribution in [0.4, 0.5) is 4.39 Å². The minimum absolute atomic E-state index is 0.208. The SMILES string of the molecule is CSc1ccc(C(=O)NCc2ccc(F)c(CO)c2)o1. The molecule has 6 heteroatoms. The first-order chi connectivity index (χ1) is 9.63. The molecule has 1 aromatic carbocycles. The standard InChI is InChI=1S/C14H14FNO3S/c1-20-13-5-4-12(19-13)14(18)16-7-9-2-3-11(15)10(6-9)8-17/h2-6,17H,7-8H2,1H3,(H,16,18). The van der Waals surface area contributed by atoms with Crippen LogP contribution in [0.15, 0.2) is 39.8 Å². The van der Waals surface area contributed by atoms with E-state index < -0.39 is 5.82 Å². The number of thioether (sulfide) groups is 1. The van der Waals surface area contributed by atoms with Crippen molar-refractivity contribution < 1.29 is 18.7 Å². The first-order valence-electron chi connectivity index (χ1n) is 5.94. The fourth-order valence-electron chi connectivity index (χ4n) is 1.68. The second kappa shape index (κ2) is 6.58. The normalized spacial score (nSPS) is 10.6. The minimum Gasteiger partial charge on any atom is -0.445 e. The van der Waals surface area contributed by atoms with Gasteiger partial charge in [0, 0.05) is 12.1 Å². The van der Waals surface area contributed by atoms with E-state index >= 15 is 0 Å². The maximum atomic E-state index is 13.2. The van der Waals surface area contributed by atoms with E-state index in [-0.39, 0.29) is 30.4 Å². The largest absolute Gasteiger partial charge is 0.445 e. The van der Waals surface area contributed by atoms with E-state index in [2.05, 4.69) is 5.32 Å². The van der Waals surface area contributed by atoms with Crippen LogP contribution in [0.5, 0.6) is 0 Å². The van der Waals surface area contributed by atoms with Crippen LogP contribution >= 0.6 is 11.8 Å². The molecule has 1 amide bonds. The van der Waals surface area contributed by atoms with Gasteiger partial charge in [0.25, 0.3) is 5.91 Å². The summed E-state index contributed by atoms with van der Waals surface area (Å²) in [5.74, 6) is -0.558. The van der Waals surface area contributed by atoms with Crippen LogP contribution in [0.1, 0.15) is 21.7 Å². The zero-order valence-corrected chi connectivity index (χ0v) is 11.7. The van der Waals surface area contributed by atoms with Gasteiger partial charge in [0.2, 0.25) is 0 Å².